The smallest absolute Gasteiger partial charge is 0.147 e. The highest BCUT2D eigenvalue weighted by molar-refractivity contribution is 6.24. The molecule has 0 radical (unpaired) electrons. The molecule has 0 aliphatic carbocycles. The molecule has 0 N–H and O–H groups in total. The van der Waals surface area contributed by atoms with Gasteiger partial charge in [-0.2, -0.15) is 0 Å². The molecule has 0 aliphatic heterocycles. The van der Waals surface area contributed by atoms with Crippen molar-refractivity contribution in [1.82, 2.24) is 96.3 Å². The topological polar surface area (TPSA) is 194 Å². The van der Waals surface area contributed by atoms with E-state index >= 15 is 0 Å². The highest BCUT2D eigenvalue weighted by Gasteiger charge is 2.28. The quantitative estimate of drug-likeness (QED) is 0.112. The molecule has 16 aromatic heterocycles. The van der Waals surface area contributed by atoms with Crippen LogP contribution in [0.15, 0.2) is 463 Å². The fraction of sp³-hybridized carbons (Fsp3) is 0. The van der Waals surface area contributed by atoms with Crippen molar-refractivity contribution in [3.8, 4) is 91.6 Å². The van der Waals surface area contributed by atoms with Crippen LogP contribution < -0.4 is 0 Å². The molecule has 0 fully saturated rings. The Labute approximate surface area is 776 Å². The van der Waals surface area contributed by atoms with Gasteiger partial charge < -0.3 is 18.3 Å². The molecule has 0 aliphatic rings. The van der Waals surface area contributed by atoms with Gasteiger partial charge in [0, 0.05) is 162 Å². The van der Waals surface area contributed by atoms with Gasteiger partial charge in [0.05, 0.1) is 88.3 Å². The highest BCUT2D eigenvalue weighted by atomic mass is 15.2. The fourth-order valence-corrected chi connectivity index (χ4v) is 19.5. The van der Waals surface area contributed by atoms with Crippen molar-refractivity contribution in [2.75, 3.05) is 0 Å². The van der Waals surface area contributed by atoms with Crippen molar-refractivity contribution in [2.24, 2.45) is 0 Å². The summed E-state index contributed by atoms with van der Waals surface area (Å²) in [6.07, 6.45) is 21.7. The lowest BCUT2D eigenvalue weighted by Crippen LogP contribution is -1.99. The van der Waals surface area contributed by atoms with Crippen LogP contribution >= 0.6 is 0 Å². The molecule has 0 saturated heterocycles. The summed E-state index contributed by atoms with van der Waals surface area (Å²) < 4.78 is 17.8. The van der Waals surface area contributed by atoms with Gasteiger partial charge in [0.2, 0.25) is 0 Å². The number of nitrogens with zero attached hydrogens (tertiary/aromatic N) is 20. The number of imidazole rings is 4. The maximum atomic E-state index is 5.23. The first kappa shape index (κ1) is 79.1. The second-order valence-corrected chi connectivity index (χ2v) is 32.8. The molecular weight excluding hydrogens is 1670 g/mol. The number of fused-ring (bicyclic) bond motifs is 20. The lowest BCUT2D eigenvalue weighted by atomic mass is 10.1. The second-order valence-electron chi connectivity index (χ2n) is 32.8. The van der Waals surface area contributed by atoms with Crippen molar-refractivity contribution in [3.05, 3.63) is 463 Å². The summed E-state index contributed by atoms with van der Waals surface area (Å²) in [4.78, 5) is 56.3. The molecule has 0 spiro atoms. The zero-order valence-corrected chi connectivity index (χ0v) is 72.8. The monoisotopic (exact) mass is 1750 g/mol. The van der Waals surface area contributed by atoms with Crippen molar-refractivity contribution in [3.63, 3.8) is 0 Å². The van der Waals surface area contributed by atoms with E-state index in [-0.39, 0.29) is 0 Å². The lowest BCUT2D eigenvalue weighted by Gasteiger charge is -2.09. The predicted molar refractivity (Wildman–Crippen MR) is 546 cm³/mol. The van der Waals surface area contributed by atoms with Crippen molar-refractivity contribution in [2.45, 2.75) is 0 Å². The third-order valence-electron chi connectivity index (χ3n) is 25.2. The Morgan fingerprint density at radius 1 is 0.140 bits per heavy atom. The summed E-state index contributed by atoms with van der Waals surface area (Å²) in [7, 11) is 0. The molecule has 12 aromatic carbocycles. The Morgan fingerprint density at radius 2 is 0.331 bits per heavy atom. The van der Waals surface area contributed by atoms with Crippen LogP contribution in [0.5, 0.6) is 0 Å². The predicted octanol–water partition coefficient (Wildman–Crippen LogP) is 26.3. The van der Waals surface area contributed by atoms with E-state index in [1.54, 1.807) is 49.6 Å². The van der Waals surface area contributed by atoms with Crippen LogP contribution in [-0.2, 0) is 0 Å². The van der Waals surface area contributed by atoms with Crippen LogP contribution in [-0.4, -0.2) is 96.3 Å². The first-order valence-corrected chi connectivity index (χ1v) is 44.9. The summed E-state index contributed by atoms with van der Waals surface area (Å²) >= 11 is 0. The van der Waals surface area contributed by atoms with E-state index in [0.29, 0.717) is 0 Å². The van der Waals surface area contributed by atoms with Gasteiger partial charge in [0.15, 0.2) is 0 Å². The second kappa shape index (κ2) is 33.8. The van der Waals surface area contributed by atoms with Gasteiger partial charge in [-0.3, -0.25) is 38.2 Å². The number of aromatic nitrogens is 20. The van der Waals surface area contributed by atoms with E-state index in [1.807, 2.05) is 170 Å². The first-order chi connectivity index (χ1) is 67.6. The summed E-state index contributed by atoms with van der Waals surface area (Å²) in [6, 6.07) is 133. The molecule has 28 rings (SSSR count). The molecule has 0 unspecified atom stereocenters. The molecule has 0 bridgehead atoms. The van der Waals surface area contributed by atoms with E-state index in [2.05, 4.69) is 319 Å². The normalized spacial score (nSPS) is 11.5. The van der Waals surface area contributed by atoms with Crippen molar-refractivity contribution in [1.29, 1.82) is 0 Å². The summed E-state index contributed by atoms with van der Waals surface area (Å²) in [5.41, 5.74) is 25.6. The molecule has 20 nitrogen and oxygen atoms in total. The average Bonchev–Trinajstić information content (AvgIpc) is 1.57. The SMILES string of the molecule is c1ccc(-n2c3ccccc3c3c4nc(-c5ccncc5)n(-c5ccccn5)c4ccc32)cc1.c1ccc(-n2c3ccccc3c3c4nc(-c5ccncc5)n(-c5ccccn5)c4ccc32)cc1.c1ccc(-n2c3ccccc3c3c4nc(-c5ccncc5)n(-c5ccccn5)c4ccc32)cc1.c1ccc(-n2c3ccccc3c3c4nc(-c5ccncc5)n(-c5ccccn5)c4ccc32)cc1. The van der Waals surface area contributed by atoms with Gasteiger partial charge in [-0.1, -0.05) is 170 Å². The van der Waals surface area contributed by atoms with Crippen LogP contribution in [0.2, 0.25) is 0 Å². The Morgan fingerprint density at radius 3 is 0.537 bits per heavy atom. The molecule has 0 atom stereocenters. The molecule has 28 aromatic rings. The largest absolute Gasteiger partial charge is 0.309 e. The Balaban J connectivity index is 0.0000000965. The Hall–Kier alpha value is -19.1. The van der Waals surface area contributed by atoms with Gasteiger partial charge in [-0.15, -0.1) is 0 Å². The maximum absolute atomic E-state index is 5.23. The third-order valence-corrected chi connectivity index (χ3v) is 25.2. The van der Waals surface area contributed by atoms with Crippen molar-refractivity contribution < 1.29 is 0 Å². The van der Waals surface area contributed by atoms with Gasteiger partial charge in [-0.05, 0) is 218 Å². The van der Waals surface area contributed by atoms with Crippen LogP contribution in [0.4, 0.5) is 0 Å². The number of rotatable bonds is 12. The molecule has 16 heterocycles. The minimum Gasteiger partial charge on any atom is -0.309 e. The number of pyridine rings is 8. The fourth-order valence-electron chi connectivity index (χ4n) is 19.5. The van der Waals surface area contributed by atoms with Gasteiger partial charge in [-0.25, -0.2) is 39.9 Å². The van der Waals surface area contributed by atoms with Crippen LogP contribution in [0, 0.1) is 0 Å². The van der Waals surface area contributed by atoms with Gasteiger partial charge in [0.25, 0.3) is 0 Å². The summed E-state index contributed by atoms with van der Waals surface area (Å²) in [5.74, 6) is 6.73. The molecular formula is C116H76N20. The summed E-state index contributed by atoms with van der Waals surface area (Å²) in [6.45, 7) is 0. The molecule has 136 heavy (non-hydrogen) atoms. The number of hydrogen-bond acceptors (Lipinski definition) is 12. The average molecular weight is 1750 g/mol. The summed E-state index contributed by atoms with van der Waals surface area (Å²) in [5, 5.41) is 9.28. The van der Waals surface area contributed by atoms with Crippen LogP contribution in [0.1, 0.15) is 0 Å². The Kier molecular flexibility index (Phi) is 19.6. The van der Waals surface area contributed by atoms with E-state index in [1.165, 1.54) is 21.5 Å². The van der Waals surface area contributed by atoms with Crippen LogP contribution in [0.25, 0.3) is 223 Å². The van der Waals surface area contributed by atoms with E-state index < -0.39 is 0 Å². The number of hydrogen-bond donors (Lipinski definition) is 0. The molecule has 0 amide bonds. The van der Waals surface area contributed by atoms with Crippen LogP contribution in [0.3, 0.4) is 0 Å². The van der Waals surface area contributed by atoms with Crippen molar-refractivity contribution >= 4 is 131 Å². The minimum atomic E-state index is 0.836. The first-order valence-electron chi connectivity index (χ1n) is 44.9. The van der Waals surface area contributed by atoms with Gasteiger partial charge >= 0.3 is 0 Å². The highest BCUT2D eigenvalue weighted by Crippen LogP contribution is 2.46. The van der Waals surface area contributed by atoms with E-state index in [4.69, 9.17) is 19.9 Å². The zero-order valence-electron chi connectivity index (χ0n) is 72.8. The maximum Gasteiger partial charge on any atom is 0.147 e. The Bertz CT molecular complexity index is 8210. The zero-order chi connectivity index (χ0) is 89.9. The number of benzene rings is 12. The lowest BCUT2D eigenvalue weighted by molar-refractivity contribution is 1.03. The van der Waals surface area contributed by atoms with E-state index in [9.17, 15) is 0 Å². The van der Waals surface area contributed by atoms with E-state index in [0.717, 1.165) is 201 Å². The minimum absolute atomic E-state index is 0.836. The third kappa shape index (κ3) is 13.5. The van der Waals surface area contributed by atoms with Gasteiger partial charge in [0.1, 0.15) is 46.6 Å². The molecule has 20 heteroatoms. The number of para-hydroxylation sites is 8. The standard InChI is InChI=1S/4C29H19N5/c4*1-2-8-21(9-3-1)33-23-11-5-4-10-22(23)27-24(33)13-14-25-28(27)32-29(20-15-18-30-19-16-20)34(25)26-12-6-7-17-31-26/h4*1-19H. The molecule has 640 valence electrons. The molecule has 0 saturated carbocycles.